The van der Waals surface area contributed by atoms with Gasteiger partial charge < -0.3 is 0 Å². The van der Waals surface area contributed by atoms with Crippen LogP contribution in [0.5, 0.6) is 0 Å². The molecule has 0 aromatic carbocycles. The van der Waals surface area contributed by atoms with Crippen LogP contribution in [0.2, 0.25) is 0 Å². The molecule has 2 aromatic rings. The van der Waals surface area contributed by atoms with Crippen molar-refractivity contribution in [2.45, 2.75) is 84.6 Å². The Morgan fingerprint density at radius 1 is 1.00 bits per heavy atom. The highest BCUT2D eigenvalue weighted by molar-refractivity contribution is 5.83. The van der Waals surface area contributed by atoms with Crippen LogP contribution < -0.4 is 0 Å². The van der Waals surface area contributed by atoms with E-state index in [1.54, 1.807) is 10.9 Å². The third kappa shape index (κ3) is 4.32. The molecule has 3 aliphatic rings. The fourth-order valence-electron chi connectivity index (χ4n) is 7.54. The van der Waals surface area contributed by atoms with Gasteiger partial charge in [0, 0.05) is 17.5 Å². The van der Waals surface area contributed by atoms with Crippen molar-refractivity contribution in [1.29, 1.82) is 0 Å². The van der Waals surface area contributed by atoms with Gasteiger partial charge in [0.1, 0.15) is 6.54 Å². The highest BCUT2D eigenvalue weighted by Crippen LogP contribution is 2.52. The van der Waals surface area contributed by atoms with E-state index in [2.05, 4.69) is 23.9 Å². The summed E-state index contributed by atoms with van der Waals surface area (Å²) in [6.07, 6.45) is 16.8. The number of rotatable bonds is 3. The quantitative estimate of drug-likeness (QED) is 0.584. The second-order valence-electron chi connectivity index (χ2n) is 11.1. The zero-order chi connectivity index (χ0) is 21.4. The summed E-state index contributed by atoms with van der Waals surface area (Å²) in [5.41, 5.74) is 0.830. The van der Waals surface area contributed by atoms with E-state index in [4.69, 9.17) is 0 Å². The second-order valence-corrected chi connectivity index (χ2v) is 11.1. The molecular weight excluding hydrogens is 382 g/mol. The van der Waals surface area contributed by atoms with Crippen LogP contribution in [-0.4, -0.2) is 20.5 Å². The number of fused-ring (bicyclic) bond motifs is 4. The smallest absolute Gasteiger partial charge is 0.158 e. The Labute approximate surface area is 187 Å². The predicted molar refractivity (Wildman–Crippen MR) is 124 cm³/mol. The summed E-state index contributed by atoms with van der Waals surface area (Å²) in [4.78, 5) is 17.7. The molecule has 0 amide bonds. The normalized spacial score (nSPS) is 36.6. The molecule has 3 saturated carbocycles. The van der Waals surface area contributed by atoms with Gasteiger partial charge in [0.05, 0.1) is 6.20 Å². The molecular formula is C27H39N3O. The van der Waals surface area contributed by atoms with E-state index < -0.39 is 0 Å². The molecule has 0 aliphatic heterocycles. The molecule has 0 N–H and O–H groups in total. The number of ketones is 1. The van der Waals surface area contributed by atoms with Gasteiger partial charge in [-0.3, -0.25) is 4.79 Å². The van der Waals surface area contributed by atoms with Crippen LogP contribution in [-0.2, 0) is 11.3 Å². The second kappa shape index (κ2) is 9.03. The number of nitrogens with zero attached hydrogens (tertiary/aromatic N) is 3. The molecule has 3 aliphatic carbocycles. The number of Topliss-reactive ketones (excluding diaryl/α,β-unsaturated/α-hetero) is 1. The van der Waals surface area contributed by atoms with Crippen molar-refractivity contribution in [3.05, 3.63) is 24.5 Å². The fraction of sp³-hybridized carbons (Fsp3) is 0.741. The lowest BCUT2D eigenvalue weighted by molar-refractivity contribution is -0.124. The first-order chi connectivity index (χ1) is 15.1. The number of carbonyl (C=O) groups excluding carboxylic acids is 1. The largest absolute Gasteiger partial charge is 0.297 e. The molecule has 0 radical (unpaired) electrons. The number of pyridine rings is 1. The summed E-state index contributed by atoms with van der Waals surface area (Å²) in [5.74, 6) is 5.98. The number of hydrogen-bond donors (Lipinski definition) is 0. The Balaban J connectivity index is 1.27. The lowest BCUT2D eigenvalue weighted by atomic mass is 9.57. The number of hydrogen-bond acceptors (Lipinski definition) is 3. The van der Waals surface area contributed by atoms with Crippen LogP contribution in [0.4, 0.5) is 0 Å². The highest BCUT2D eigenvalue weighted by atomic mass is 16.1. The molecule has 4 nitrogen and oxygen atoms in total. The Bertz CT molecular complexity index is 905. The first kappa shape index (κ1) is 21.2. The van der Waals surface area contributed by atoms with Crippen LogP contribution in [0.3, 0.4) is 0 Å². The monoisotopic (exact) mass is 421 g/mol. The van der Waals surface area contributed by atoms with Gasteiger partial charge >= 0.3 is 0 Å². The fourth-order valence-corrected chi connectivity index (χ4v) is 7.54. The summed E-state index contributed by atoms with van der Waals surface area (Å²) in [7, 11) is 0. The van der Waals surface area contributed by atoms with Crippen LogP contribution in [0.15, 0.2) is 24.5 Å². The van der Waals surface area contributed by atoms with Crippen molar-refractivity contribution in [1.82, 2.24) is 14.8 Å². The van der Waals surface area contributed by atoms with Crippen LogP contribution in [0, 0.1) is 41.4 Å². The zero-order valence-corrected chi connectivity index (χ0v) is 19.4. The topological polar surface area (TPSA) is 47.8 Å². The molecule has 168 valence electrons. The van der Waals surface area contributed by atoms with Crippen LogP contribution >= 0.6 is 0 Å². The Kier molecular flexibility index (Phi) is 6.16. The van der Waals surface area contributed by atoms with Gasteiger partial charge in [0.2, 0.25) is 0 Å². The predicted octanol–water partition coefficient (Wildman–Crippen LogP) is 6.30. The molecule has 2 unspecified atom stereocenters. The Morgan fingerprint density at radius 3 is 2.77 bits per heavy atom. The van der Waals surface area contributed by atoms with Crippen molar-refractivity contribution in [3.63, 3.8) is 0 Å². The third-order valence-electron chi connectivity index (χ3n) is 9.22. The van der Waals surface area contributed by atoms with Crippen molar-refractivity contribution in [2.75, 3.05) is 0 Å². The van der Waals surface area contributed by atoms with Crippen molar-refractivity contribution >= 4 is 16.8 Å². The van der Waals surface area contributed by atoms with Gasteiger partial charge in [0.25, 0.3) is 0 Å². The summed E-state index contributed by atoms with van der Waals surface area (Å²) >= 11 is 0. The van der Waals surface area contributed by atoms with E-state index in [-0.39, 0.29) is 5.92 Å². The van der Waals surface area contributed by atoms with Crippen molar-refractivity contribution in [3.8, 4) is 0 Å². The minimum absolute atomic E-state index is 0.188. The van der Waals surface area contributed by atoms with E-state index in [1.807, 2.05) is 18.3 Å². The minimum atomic E-state index is 0.188. The first-order valence-corrected chi connectivity index (χ1v) is 12.9. The van der Waals surface area contributed by atoms with Gasteiger partial charge in [-0.05, 0) is 99.0 Å². The molecule has 7 atom stereocenters. The van der Waals surface area contributed by atoms with Crippen molar-refractivity contribution in [2.24, 2.45) is 41.4 Å². The first-order valence-electron chi connectivity index (χ1n) is 12.9. The average Bonchev–Trinajstić information content (AvgIpc) is 3.20. The van der Waals surface area contributed by atoms with Gasteiger partial charge in [-0.25, -0.2) is 9.67 Å². The zero-order valence-electron chi connectivity index (χ0n) is 19.4. The lowest BCUT2D eigenvalue weighted by Crippen LogP contribution is -2.40. The third-order valence-corrected chi connectivity index (χ3v) is 9.22. The van der Waals surface area contributed by atoms with E-state index in [0.29, 0.717) is 12.3 Å². The van der Waals surface area contributed by atoms with E-state index in [9.17, 15) is 4.79 Å². The molecule has 2 aromatic heterocycles. The number of carbonyl (C=O) groups is 1. The van der Waals surface area contributed by atoms with Crippen LogP contribution in [0.25, 0.3) is 11.0 Å². The highest BCUT2D eigenvalue weighted by Gasteiger charge is 2.43. The molecule has 3 fully saturated rings. The SMILES string of the molecule is CC1CC[C@H](C(=O)Cn2ncc3cccnc32)CCCC2[C@H]1CC[C@@H]1C[C@@H](C)CC[C@H]21. The van der Waals surface area contributed by atoms with Gasteiger partial charge in [-0.2, -0.15) is 5.10 Å². The molecule has 4 heteroatoms. The lowest BCUT2D eigenvalue weighted by Gasteiger charge is -2.49. The minimum Gasteiger partial charge on any atom is -0.297 e. The van der Waals surface area contributed by atoms with E-state index >= 15 is 0 Å². The van der Waals surface area contributed by atoms with Gasteiger partial charge in [0.15, 0.2) is 11.4 Å². The van der Waals surface area contributed by atoms with Crippen molar-refractivity contribution < 1.29 is 4.79 Å². The summed E-state index contributed by atoms with van der Waals surface area (Å²) in [6, 6.07) is 3.94. The van der Waals surface area contributed by atoms with Crippen LogP contribution in [0.1, 0.15) is 78.1 Å². The number of aromatic nitrogens is 3. The van der Waals surface area contributed by atoms with Gasteiger partial charge in [-0.1, -0.05) is 26.7 Å². The molecule has 0 spiro atoms. The average molecular weight is 422 g/mol. The molecule has 5 rings (SSSR count). The maximum absolute atomic E-state index is 13.3. The Hall–Kier alpha value is -1.71. The summed E-state index contributed by atoms with van der Waals surface area (Å²) < 4.78 is 1.81. The molecule has 2 heterocycles. The maximum Gasteiger partial charge on any atom is 0.158 e. The summed E-state index contributed by atoms with van der Waals surface area (Å²) in [5, 5.41) is 5.46. The van der Waals surface area contributed by atoms with E-state index in [0.717, 1.165) is 59.4 Å². The molecule has 0 bridgehead atoms. The standard InChI is InChI=1S/C27H39N3O/c1-18-8-12-24-21(15-18)11-13-23-19(2)9-10-20(5-3-7-25(23)24)26(31)17-30-27-22(16-29-30)6-4-14-28-27/h4,6,14,16,18-21,23-25H,3,5,7-13,15,17H2,1-2H3/t18-,19?,20+,21+,23-,24-,25?/m0/s1. The maximum atomic E-state index is 13.3. The summed E-state index contributed by atoms with van der Waals surface area (Å²) in [6.45, 7) is 5.32. The Morgan fingerprint density at radius 2 is 1.87 bits per heavy atom. The molecule has 31 heavy (non-hydrogen) atoms. The van der Waals surface area contributed by atoms with E-state index in [1.165, 1.54) is 51.4 Å². The van der Waals surface area contributed by atoms with Gasteiger partial charge in [-0.15, -0.1) is 0 Å². The molecule has 0 saturated heterocycles.